The van der Waals surface area contributed by atoms with Gasteiger partial charge >= 0.3 is 15.1 Å². The molecule has 9 nitrogen and oxygen atoms in total. The molecule has 0 radical (unpaired) electrons. The number of hydrogen-bond acceptors (Lipinski definition) is 15. The van der Waals surface area contributed by atoms with Gasteiger partial charge in [-0.15, -0.1) is 68.0 Å². The fourth-order valence-corrected chi connectivity index (χ4v) is 18.6. The van der Waals surface area contributed by atoms with E-state index in [1.165, 1.54) is 0 Å². The van der Waals surface area contributed by atoms with E-state index in [-0.39, 0.29) is 0 Å². The predicted molar refractivity (Wildman–Crippen MR) is 371 cm³/mol. The van der Waals surface area contributed by atoms with E-state index in [1.54, 1.807) is 68.0 Å². The molecule has 16 heteroatoms. The van der Waals surface area contributed by atoms with Crippen LogP contribution in [0.25, 0.3) is 157 Å². The molecule has 0 unspecified atom stereocenters. The lowest BCUT2D eigenvalue weighted by atomic mass is 10.0. The van der Waals surface area contributed by atoms with E-state index >= 15 is 0 Å². The van der Waals surface area contributed by atoms with Crippen LogP contribution in [0.1, 0.15) is 0 Å². The van der Waals surface area contributed by atoms with E-state index in [0.717, 1.165) is 157 Å². The zero-order chi connectivity index (χ0) is 57.8. The largest absolute Gasteiger partial charge is 1.20 e. The van der Waals surface area contributed by atoms with Crippen molar-refractivity contribution in [2.75, 3.05) is 0 Å². The average Bonchev–Trinajstić information content (AvgIpc) is 3.74. The zero-order valence-electron chi connectivity index (χ0n) is 46.0. The van der Waals surface area contributed by atoms with E-state index in [0.29, 0.717) is 17.2 Å². The Morgan fingerprint density at radius 1 is 0.227 bits per heavy atom. The highest BCUT2D eigenvalue weighted by molar-refractivity contribution is 7.23. The third kappa shape index (κ3) is 9.44. The minimum Gasteiger partial charge on any atom is -0.577 e. The summed E-state index contributed by atoms with van der Waals surface area (Å²) in [5, 5.41) is 11.3. The van der Waals surface area contributed by atoms with Crippen molar-refractivity contribution in [2.24, 2.45) is 0 Å². The number of fused-ring (bicyclic) bond motifs is 9. The van der Waals surface area contributed by atoms with Gasteiger partial charge in [-0.3, -0.25) is 0 Å². The van der Waals surface area contributed by atoms with Crippen LogP contribution in [0.3, 0.4) is 0 Å². The number of aromatic nitrogens is 6. The predicted octanol–water partition coefficient (Wildman–Crippen LogP) is 21.3. The second kappa shape index (κ2) is 21.2. The summed E-state index contributed by atoms with van der Waals surface area (Å²) in [6.07, 6.45) is 0. The first kappa shape index (κ1) is 51.9. The normalized spacial score (nSPS) is 11.9. The van der Waals surface area contributed by atoms with Crippen LogP contribution in [0.5, 0.6) is 17.2 Å². The van der Waals surface area contributed by atoms with Gasteiger partial charge < -0.3 is 11.4 Å². The molecule has 0 amide bonds. The van der Waals surface area contributed by atoms with Crippen molar-refractivity contribution in [3.8, 4) is 80.7 Å². The average molecular weight is 1260 g/mol. The van der Waals surface area contributed by atoms with Crippen molar-refractivity contribution < 1.29 is 11.4 Å². The molecule has 0 aliphatic carbocycles. The molecule has 414 valence electrons. The standard InChI is InChI=1S/3C24H14N2OS2.Al/c3*27-20-13-14-9-10-15(23-25-18-5-1-3-7-21(18)28-23)11-16(14)12-17(20)24-26-19-6-2-4-8-22(19)29-24;/h3*1-13,27H;/q;;;+3/p-3. The van der Waals surface area contributed by atoms with Gasteiger partial charge in [0.15, 0.2) is 0 Å². The summed E-state index contributed by atoms with van der Waals surface area (Å²) in [5.41, 5.74) is 11.2. The van der Waals surface area contributed by atoms with Gasteiger partial charge in [0.1, 0.15) is 30.0 Å². The SMILES string of the molecule is c1ccc2sc(-c3ccc4cc([O][Al]([O]c5cc6ccc(-c7nc8ccccc8s7)cc6cc5-c5nc6ccccc6s5)[O]c5cc6ccc(-c7nc8ccccc8s7)cc6cc5-c5nc6ccccc6s5)c(-c5nc6ccccc6s5)cc4c3)nc2c1. The molecule has 0 N–H and O–H groups in total. The van der Waals surface area contributed by atoms with Crippen LogP contribution in [0.2, 0.25) is 0 Å². The van der Waals surface area contributed by atoms with Gasteiger partial charge in [-0.25, -0.2) is 29.9 Å². The minimum absolute atomic E-state index is 0.585. The maximum absolute atomic E-state index is 7.61. The lowest BCUT2D eigenvalue weighted by Gasteiger charge is -2.22. The maximum Gasteiger partial charge on any atom is 1.20 e. The topological polar surface area (TPSA) is 105 Å². The molecule has 0 saturated heterocycles. The summed E-state index contributed by atoms with van der Waals surface area (Å²) in [6.45, 7) is 0. The van der Waals surface area contributed by atoms with Gasteiger partial charge in [0.05, 0.1) is 78.5 Å². The molecule has 6 heterocycles. The van der Waals surface area contributed by atoms with Crippen LogP contribution in [0.4, 0.5) is 0 Å². The molecule has 18 rings (SSSR count). The molecule has 18 aromatic rings. The van der Waals surface area contributed by atoms with Crippen LogP contribution >= 0.6 is 68.0 Å². The Hall–Kier alpha value is -9.31. The summed E-state index contributed by atoms with van der Waals surface area (Å²) < 4.78 is 29.5. The number of para-hydroxylation sites is 6. The number of benzene rings is 12. The maximum atomic E-state index is 7.61. The van der Waals surface area contributed by atoms with Crippen molar-refractivity contribution in [2.45, 2.75) is 0 Å². The van der Waals surface area contributed by atoms with Crippen LogP contribution in [0.15, 0.2) is 237 Å². The van der Waals surface area contributed by atoms with Crippen molar-refractivity contribution >= 4 is 177 Å². The molecule has 0 atom stereocenters. The molecule has 12 aromatic carbocycles. The van der Waals surface area contributed by atoms with Gasteiger partial charge in [0.2, 0.25) is 0 Å². The van der Waals surface area contributed by atoms with Gasteiger partial charge in [0, 0.05) is 33.4 Å². The number of thiazole rings is 6. The minimum atomic E-state index is -3.54. The summed E-state index contributed by atoms with van der Waals surface area (Å²) in [4.78, 5) is 31.0. The second-order valence-corrected chi connectivity index (χ2v) is 28.8. The van der Waals surface area contributed by atoms with Crippen LogP contribution in [-0.4, -0.2) is 45.1 Å². The summed E-state index contributed by atoms with van der Waals surface area (Å²) in [5.74, 6) is 1.75. The molecule has 6 aromatic heterocycles. The lowest BCUT2D eigenvalue weighted by molar-refractivity contribution is 0.309. The van der Waals surface area contributed by atoms with Gasteiger partial charge in [-0.2, -0.15) is 0 Å². The smallest absolute Gasteiger partial charge is 0.577 e. The van der Waals surface area contributed by atoms with Gasteiger partial charge in [0.25, 0.3) is 0 Å². The quantitative estimate of drug-likeness (QED) is 0.111. The Labute approximate surface area is 530 Å². The highest BCUT2D eigenvalue weighted by atomic mass is 32.1. The number of rotatable bonds is 12. The third-order valence-corrected chi connectivity index (χ3v) is 23.5. The first-order chi connectivity index (χ1) is 43.4. The molecule has 0 aliphatic heterocycles. The van der Waals surface area contributed by atoms with E-state index in [9.17, 15) is 0 Å². The summed E-state index contributed by atoms with van der Waals surface area (Å²) in [7, 11) is 0. The first-order valence-electron chi connectivity index (χ1n) is 28.3. The highest BCUT2D eigenvalue weighted by Gasteiger charge is 2.47. The van der Waals surface area contributed by atoms with Crippen LogP contribution in [-0.2, 0) is 0 Å². The molecule has 0 spiro atoms. The Kier molecular flexibility index (Phi) is 12.5. The van der Waals surface area contributed by atoms with Gasteiger partial charge in [-0.05, 0) is 160 Å². The van der Waals surface area contributed by atoms with Crippen LogP contribution < -0.4 is 11.4 Å². The molecular formula is C72H39AlN6O3S6. The Balaban J connectivity index is 0.828. The molecule has 0 bridgehead atoms. The van der Waals surface area contributed by atoms with Crippen LogP contribution in [0, 0.1) is 0 Å². The molecule has 0 saturated carbocycles. The molecular weight excluding hydrogens is 1220 g/mol. The van der Waals surface area contributed by atoms with E-state index in [2.05, 4.69) is 200 Å². The number of hydrogen-bond donors (Lipinski definition) is 0. The van der Waals surface area contributed by atoms with Crippen molar-refractivity contribution in [1.82, 2.24) is 29.9 Å². The number of nitrogens with zero attached hydrogens (tertiary/aromatic N) is 6. The first-order valence-corrected chi connectivity index (χ1v) is 34.7. The third-order valence-electron chi connectivity index (χ3n) is 15.7. The van der Waals surface area contributed by atoms with Crippen molar-refractivity contribution in [3.63, 3.8) is 0 Å². The summed E-state index contributed by atoms with van der Waals surface area (Å²) in [6, 6.07) is 82.1. The monoisotopic (exact) mass is 1250 g/mol. The highest BCUT2D eigenvalue weighted by Crippen LogP contribution is 2.46. The van der Waals surface area contributed by atoms with Crippen molar-refractivity contribution in [1.29, 1.82) is 0 Å². The van der Waals surface area contributed by atoms with Crippen molar-refractivity contribution in [3.05, 3.63) is 237 Å². The fraction of sp³-hybridized carbons (Fsp3) is 0. The lowest BCUT2D eigenvalue weighted by Crippen LogP contribution is -2.37. The zero-order valence-corrected chi connectivity index (χ0v) is 52.0. The van der Waals surface area contributed by atoms with Gasteiger partial charge in [-0.1, -0.05) is 109 Å². The Morgan fingerprint density at radius 2 is 0.466 bits per heavy atom. The van der Waals surface area contributed by atoms with E-state index < -0.39 is 15.1 Å². The van der Waals surface area contributed by atoms with E-state index in [1.807, 2.05) is 36.4 Å². The molecule has 0 fully saturated rings. The Bertz CT molecular complexity index is 5070. The fourth-order valence-electron chi connectivity index (χ4n) is 11.4. The Morgan fingerprint density at radius 3 is 0.727 bits per heavy atom. The molecule has 88 heavy (non-hydrogen) atoms. The summed E-state index contributed by atoms with van der Waals surface area (Å²) >= 11 is 6.43. The van der Waals surface area contributed by atoms with E-state index in [4.69, 9.17) is 41.3 Å². The molecule has 0 aliphatic rings. The second-order valence-electron chi connectivity index (χ2n) is 21.3.